The smallest absolute Gasteiger partial charge is 0.254 e. The van der Waals surface area contributed by atoms with E-state index in [1.54, 1.807) is 10.8 Å². The summed E-state index contributed by atoms with van der Waals surface area (Å²) >= 11 is 0. The van der Waals surface area contributed by atoms with E-state index in [1.807, 2.05) is 13.0 Å². The van der Waals surface area contributed by atoms with Crippen molar-refractivity contribution in [2.45, 2.75) is 45.6 Å². The minimum atomic E-state index is 0.551. The zero-order valence-electron chi connectivity index (χ0n) is 10.9. The van der Waals surface area contributed by atoms with Gasteiger partial charge in [-0.15, -0.1) is 0 Å². The van der Waals surface area contributed by atoms with Crippen LogP contribution in [0.15, 0.2) is 12.4 Å². The first-order valence-corrected chi connectivity index (χ1v) is 6.66. The van der Waals surface area contributed by atoms with Crippen LogP contribution >= 0.6 is 0 Å². The zero-order valence-corrected chi connectivity index (χ0v) is 10.9. The number of hydrogen-bond acceptors (Lipinski definition) is 4. The maximum absolute atomic E-state index is 4.35. The highest BCUT2D eigenvalue weighted by Crippen LogP contribution is 2.26. The summed E-state index contributed by atoms with van der Waals surface area (Å²) in [4.78, 5) is 8.50. The molecule has 2 aromatic rings. The van der Waals surface area contributed by atoms with E-state index in [1.165, 1.54) is 25.7 Å². The largest absolute Gasteiger partial charge is 0.367 e. The second kappa shape index (κ2) is 4.55. The molecule has 0 atom stereocenters. The molecule has 0 radical (unpaired) electrons. The molecule has 0 spiro atoms. The Morgan fingerprint density at radius 1 is 1.28 bits per heavy atom. The van der Waals surface area contributed by atoms with Crippen molar-refractivity contribution in [3.63, 3.8) is 0 Å². The average Bonchev–Trinajstić information content (AvgIpc) is 2.80. The van der Waals surface area contributed by atoms with Crippen molar-refractivity contribution in [1.29, 1.82) is 0 Å². The van der Waals surface area contributed by atoms with Gasteiger partial charge >= 0.3 is 0 Å². The van der Waals surface area contributed by atoms with E-state index in [0.29, 0.717) is 11.8 Å². The molecule has 0 bridgehead atoms. The van der Waals surface area contributed by atoms with E-state index in [9.17, 15) is 0 Å². The Bertz CT molecular complexity index is 539. The van der Waals surface area contributed by atoms with Crippen LogP contribution in [0.4, 0.5) is 5.82 Å². The molecule has 5 heteroatoms. The van der Waals surface area contributed by atoms with Crippen LogP contribution in [0.25, 0.3) is 5.78 Å². The van der Waals surface area contributed by atoms with Gasteiger partial charge in [0.25, 0.3) is 5.78 Å². The summed E-state index contributed by atoms with van der Waals surface area (Å²) in [5.74, 6) is 2.55. The van der Waals surface area contributed by atoms with Gasteiger partial charge in [0, 0.05) is 17.8 Å². The second-order valence-corrected chi connectivity index (χ2v) is 5.36. The first-order chi connectivity index (χ1) is 8.72. The van der Waals surface area contributed by atoms with E-state index >= 15 is 0 Å². The van der Waals surface area contributed by atoms with Crippen LogP contribution in [0, 0.1) is 12.8 Å². The summed E-state index contributed by atoms with van der Waals surface area (Å²) in [7, 11) is 0. The third-order valence-electron chi connectivity index (χ3n) is 3.75. The number of anilines is 1. The Morgan fingerprint density at radius 2 is 2.06 bits per heavy atom. The first-order valence-electron chi connectivity index (χ1n) is 6.66. The van der Waals surface area contributed by atoms with Crippen LogP contribution in [0.1, 0.15) is 38.3 Å². The fourth-order valence-electron chi connectivity index (χ4n) is 2.65. The minimum Gasteiger partial charge on any atom is -0.367 e. The highest BCUT2D eigenvalue weighted by molar-refractivity contribution is 5.45. The molecule has 96 valence electrons. The topological polar surface area (TPSA) is 55.1 Å². The van der Waals surface area contributed by atoms with E-state index in [4.69, 9.17) is 0 Å². The third kappa shape index (κ3) is 2.17. The van der Waals surface area contributed by atoms with Gasteiger partial charge in [-0.05, 0) is 38.5 Å². The van der Waals surface area contributed by atoms with Gasteiger partial charge in [0.1, 0.15) is 12.1 Å². The summed E-state index contributed by atoms with van der Waals surface area (Å²) in [5, 5.41) is 7.81. The fraction of sp³-hybridized carbons (Fsp3) is 0.615. The third-order valence-corrected chi connectivity index (χ3v) is 3.75. The summed E-state index contributed by atoms with van der Waals surface area (Å²) in [5.41, 5.74) is 0.974. The number of nitrogens with one attached hydrogen (secondary N) is 1. The van der Waals surface area contributed by atoms with E-state index < -0.39 is 0 Å². The lowest BCUT2D eigenvalue weighted by Gasteiger charge is -2.27. The molecular weight excluding hydrogens is 226 g/mol. The second-order valence-electron chi connectivity index (χ2n) is 5.36. The van der Waals surface area contributed by atoms with Crippen LogP contribution in [0.3, 0.4) is 0 Å². The molecule has 2 heterocycles. The van der Waals surface area contributed by atoms with Crippen molar-refractivity contribution >= 4 is 11.6 Å². The SMILES string of the molecule is Cc1cc(NC2CCC(C)CC2)n2ncnc2n1. The standard InChI is InChI=1S/C13H19N5/c1-9-3-5-11(6-4-9)17-12-7-10(2)16-13-14-8-15-18(12)13/h7-9,11,17H,3-6H2,1-2H3. The zero-order chi connectivity index (χ0) is 12.5. The molecule has 3 rings (SSSR count). The van der Waals surface area contributed by atoms with Crippen molar-refractivity contribution in [2.24, 2.45) is 5.92 Å². The summed E-state index contributed by atoms with van der Waals surface area (Å²) in [6.07, 6.45) is 6.64. The summed E-state index contributed by atoms with van der Waals surface area (Å²) in [6.45, 7) is 4.32. The molecule has 0 amide bonds. The first kappa shape index (κ1) is 11.4. The molecule has 0 saturated heterocycles. The predicted molar refractivity (Wildman–Crippen MR) is 70.6 cm³/mol. The van der Waals surface area contributed by atoms with E-state index in [0.717, 1.165) is 17.4 Å². The monoisotopic (exact) mass is 245 g/mol. The number of fused-ring (bicyclic) bond motifs is 1. The lowest BCUT2D eigenvalue weighted by atomic mass is 9.87. The van der Waals surface area contributed by atoms with Crippen LogP contribution in [-0.4, -0.2) is 25.6 Å². The van der Waals surface area contributed by atoms with Crippen molar-refractivity contribution in [3.05, 3.63) is 18.1 Å². The molecule has 18 heavy (non-hydrogen) atoms. The number of nitrogens with zero attached hydrogens (tertiary/aromatic N) is 4. The molecule has 1 N–H and O–H groups in total. The molecule has 0 aliphatic heterocycles. The fourth-order valence-corrected chi connectivity index (χ4v) is 2.65. The summed E-state index contributed by atoms with van der Waals surface area (Å²) < 4.78 is 1.78. The minimum absolute atomic E-state index is 0.551. The Labute approximate surface area is 107 Å². The lowest BCUT2D eigenvalue weighted by molar-refractivity contribution is 0.360. The molecule has 1 fully saturated rings. The van der Waals surface area contributed by atoms with Crippen LogP contribution in [-0.2, 0) is 0 Å². The van der Waals surface area contributed by atoms with Crippen LogP contribution in [0.2, 0.25) is 0 Å². The molecule has 5 nitrogen and oxygen atoms in total. The van der Waals surface area contributed by atoms with Gasteiger partial charge in [0.15, 0.2) is 0 Å². The molecule has 1 aliphatic carbocycles. The Balaban J connectivity index is 1.83. The molecular formula is C13H19N5. The molecule has 1 saturated carbocycles. The van der Waals surface area contributed by atoms with Crippen molar-refractivity contribution in [1.82, 2.24) is 19.6 Å². The Morgan fingerprint density at radius 3 is 2.83 bits per heavy atom. The highest BCUT2D eigenvalue weighted by Gasteiger charge is 2.19. The van der Waals surface area contributed by atoms with Crippen molar-refractivity contribution in [2.75, 3.05) is 5.32 Å². The number of hydrogen-bond donors (Lipinski definition) is 1. The average molecular weight is 245 g/mol. The predicted octanol–water partition coefficient (Wildman–Crippen LogP) is 2.42. The Hall–Kier alpha value is -1.65. The van der Waals surface area contributed by atoms with Crippen molar-refractivity contribution < 1.29 is 0 Å². The van der Waals surface area contributed by atoms with Crippen LogP contribution < -0.4 is 5.32 Å². The van der Waals surface area contributed by atoms with Crippen LogP contribution in [0.5, 0.6) is 0 Å². The van der Waals surface area contributed by atoms with Gasteiger partial charge in [0.05, 0.1) is 0 Å². The van der Waals surface area contributed by atoms with Gasteiger partial charge in [-0.3, -0.25) is 0 Å². The highest BCUT2D eigenvalue weighted by atomic mass is 15.4. The summed E-state index contributed by atoms with van der Waals surface area (Å²) in [6, 6.07) is 2.59. The van der Waals surface area contributed by atoms with Gasteiger partial charge < -0.3 is 5.32 Å². The quantitative estimate of drug-likeness (QED) is 0.882. The molecule has 0 aromatic carbocycles. The lowest BCUT2D eigenvalue weighted by Crippen LogP contribution is -2.26. The Kier molecular flexibility index (Phi) is 2.89. The number of aryl methyl sites for hydroxylation is 1. The van der Waals surface area contributed by atoms with Gasteiger partial charge in [-0.1, -0.05) is 6.92 Å². The molecule has 1 aliphatic rings. The van der Waals surface area contributed by atoms with Gasteiger partial charge in [-0.2, -0.15) is 14.6 Å². The maximum atomic E-state index is 4.35. The number of rotatable bonds is 2. The van der Waals surface area contributed by atoms with E-state index in [2.05, 4.69) is 27.3 Å². The van der Waals surface area contributed by atoms with E-state index in [-0.39, 0.29) is 0 Å². The number of aromatic nitrogens is 4. The van der Waals surface area contributed by atoms with Crippen molar-refractivity contribution in [3.8, 4) is 0 Å². The molecule has 0 unspecified atom stereocenters. The maximum Gasteiger partial charge on any atom is 0.254 e. The van der Waals surface area contributed by atoms with Gasteiger partial charge in [0.2, 0.25) is 0 Å². The normalized spacial score (nSPS) is 24.3. The molecule has 2 aromatic heterocycles. The van der Waals surface area contributed by atoms with Gasteiger partial charge in [-0.25, -0.2) is 4.98 Å².